The van der Waals surface area contributed by atoms with Gasteiger partial charge in [0, 0.05) is 112 Å². The molecule has 4 aromatic rings. The quantitative estimate of drug-likeness (QED) is 0.126. The van der Waals surface area contributed by atoms with Crippen LogP contribution < -0.4 is 10.7 Å². The van der Waals surface area contributed by atoms with Gasteiger partial charge >= 0.3 is 5.97 Å². The van der Waals surface area contributed by atoms with Crippen molar-refractivity contribution in [1.29, 1.82) is 0 Å². The van der Waals surface area contributed by atoms with Crippen LogP contribution in [0.5, 0.6) is 0 Å². The van der Waals surface area contributed by atoms with Crippen molar-refractivity contribution in [1.82, 2.24) is 40.1 Å². The fraction of sp³-hybridized carbons (Fsp3) is 0.510. The molecule has 2 N–H and O–H groups in total. The number of benzene rings is 1. The number of cyclic esters (lactones) is 1. The van der Waals surface area contributed by atoms with Gasteiger partial charge in [0.2, 0.25) is 17.7 Å². The van der Waals surface area contributed by atoms with Crippen LogP contribution in [0.2, 0.25) is 5.04 Å². The summed E-state index contributed by atoms with van der Waals surface area (Å²) in [6, 6.07) is 9.88. The third-order valence-corrected chi connectivity index (χ3v) is 16.7. The number of esters is 1. The van der Waals surface area contributed by atoms with E-state index in [9.17, 15) is 24.0 Å². The maximum absolute atomic E-state index is 15.0. The highest BCUT2D eigenvalue weighted by Crippen LogP contribution is 2.43. The van der Waals surface area contributed by atoms with Gasteiger partial charge in [-0.2, -0.15) is 0 Å². The van der Waals surface area contributed by atoms with Crippen molar-refractivity contribution in [2.45, 2.75) is 115 Å². The summed E-state index contributed by atoms with van der Waals surface area (Å²) in [5, 5.41) is 3.06. The molecule has 3 aromatic heterocycles. The molecule has 2 saturated heterocycles. The second-order valence-electron chi connectivity index (χ2n) is 20.8. The second kappa shape index (κ2) is 20.6. The number of aryl methyl sites for hydroxylation is 1. The van der Waals surface area contributed by atoms with E-state index in [1.807, 2.05) is 51.1 Å². The first-order valence-corrected chi connectivity index (χ1v) is 26.2. The van der Waals surface area contributed by atoms with Crippen molar-refractivity contribution >= 4 is 61.0 Å². The Morgan fingerprint density at radius 3 is 2.51 bits per heavy atom. The number of halogens is 2. The topological polar surface area (TPSA) is 168 Å². The number of likely N-dealkylation sites (N-methyl/N-ethyl adjacent to an activating group) is 1. The van der Waals surface area contributed by atoms with Crippen molar-refractivity contribution in [2.24, 2.45) is 11.3 Å². The molecule has 0 aliphatic carbocycles. The van der Waals surface area contributed by atoms with Crippen LogP contribution in [0.25, 0.3) is 33.4 Å². The van der Waals surface area contributed by atoms with Gasteiger partial charge in [-0.15, -0.1) is 0 Å². The predicted molar refractivity (Wildman–Crippen MR) is 271 cm³/mol. The van der Waals surface area contributed by atoms with Crippen molar-refractivity contribution in [3.05, 3.63) is 83.8 Å². The molecule has 7 rings (SSSR count). The van der Waals surface area contributed by atoms with Crippen LogP contribution in [0.4, 0.5) is 8.78 Å². The summed E-state index contributed by atoms with van der Waals surface area (Å²) in [6.07, 6.45) is 1.16. The van der Waals surface area contributed by atoms with E-state index < -0.39 is 57.8 Å². The summed E-state index contributed by atoms with van der Waals surface area (Å²) in [6.45, 7) is 16.7. The monoisotopic (exact) mass is 998 g/mol. The highest BCUT2D eigenvalue weighted by atomic mass is 28.1. The zero-order valence-corrected chi connectivity index (χ0v) is 46.2. The van der Waals surface area contributed by atoms with Gasteiger partial charge < -0.3 is 29.2 Å². The highest BCUT2D eigenvalue weighted by molar-refractivity contribution is 6.29. The fourth-order valence-electron chi connectivity index (χ4n) is 10.5. The molecule has 376 valence electrons. The molecule has 0 unspecified atom stereocenters. The average Bonchev–Trinajstić information content (AvgIpc) is 3.88. The van der Waals surface area contributed by atoms with E-state index in [-0.39, 0.29) is 71.2 Å². The molecular formula is C51H68F2N8O7Si2. The Hall–Kier alpha value is -5.64. The molecule has 15 nitrogen and oxygen atoms in total. The van der Waals surface area contributed by atoms with Crippen molar-refractivity contribution in [2.75, 3.05) is 40.4 Å². The van der Waals surface area contributed by atoms with Gasteiger partial charge in [-0.1, -0.05) is 40.3 Å². The number of pyridine rings is 2. The Morgan fingerprint density at radius 1 is 1.10 bits per heavy atom. The molecule has 70 heavy (non-hydrogen) atoms. The van der Waals surface area contributed by atoms with Crippen molar-refractivity contribution < 1.29 is 42.2 Å². The number of likely N-dealkylation sites (tertiary alicyclic amines) is 1. The Bertz CT molecular complexity index is 2700. The number of hydrogen-bond acceptors (Lipinski definition) is 10. The first-order chi connectivity index (χ1) is 33.0. The molecule has 0 saturated carbocycles. The maximum atomic E-state index is 15.0. The SMILES string of the molecule is C=CC(=O)N1CC[C@]([SiH3])(C(=O)N(C)[C@H](C(=O)N[C@H]2Cc3cc(C(F)F)cc(n3)-c3ccc4c(c3)c(c(-c3cccnc3[C@H](C)OC)n4CC)CC(C)(C)COC(=O)[C@@]3([SiH3])CCCN(N3)C2=O)C(C)C)C1. The molecule has 4 amide bonds. The summed E-state index contributed by atoms with van der Waals surface area (Å²) in [5.41, 5.74) is 7.59. The standard InChI is InChI=1S/C51H68F2N8O7Si2/c1-10-40(62)59-21-18-50(69,27-59)47(65)58(8)42(29(3)4)45(63)56-38-25-33-22-32(44(52)53)24-37(55-33)31-15-16-39-35(23-31)36(43(60(39)11-2)34-14-12-19-54-41(34)30(5)67-9)26-49(6,7)28-68-48(66)51(70)17-13-20-61(57-51)46(38)64/h10,12,14-16,19,22-24,29-30,38,42,44,57H,1,11,13,17-18,20-21,25-28H2,2-9,69-70H3,(H,56,63)/t30-,38-,42-,50+,51-/m0/s1. The lowest BCUT2D eigenvalue weighted by Gasteiger charge is -2.42. The number of carbonyl (C=O) groups excluding carboxylic acids is 5. The third-order valence-electron chi connectivity index (χ3n) is 14.3. The number of rotatable bonds is 11. The number of nitrogens with one attached hydrogen (secondary N) is 2. The summed E-state index contributed by atoms with van der Waals surface area (Å²) >= 11 is 0. The molecule has 3 aliphatic rings. The smallest absolute Gasteiger partial charge is 0.323 e. The van der Waals surface area contributed by atoms with Gasteiger partial charge in [0.25, 0.3) is 12.3 Å². The average molecular weight is 999 g/mol. The number of nitrogens with zero attached hydrogens (tertiary/aromatic N) is 6. The van der Waals surface area contributed by atoms with Crippen LogP contribution in [-0.4, -0.2) is 137 Å². The molecule has 0 spiro atoms. The number of hydrogen-bond donors (Lipinski definition) is 2. The molecule has 1 aromatic carbocycles. The number of aromatic nitrogens is 3. The fourth-order valence-corrected chi connectivity index (χ4v) is 12.2. The minimum atomic E-state index is -2.90. The molecule has 0 radical (unpaired) electrons. The van der Waals surface area contributed by atoms with E-state index in [0.717, 1.165) is 33.4 Å². The molecule has 2 fully saturated rings. The maximum Gasteiger partial charge on any atom is 0.323 e. The van der Waals surface area contributed by atoms with Crippen LogP contribution in [0, 0.1) is 11.3 Å². The summed E-state index contributed by atoms with van der Waals surface area (Å²) < 4.78 is 44.3. The third kappa shape index (κ3) is 10.4. The first kappa shape index (κ1) is 52.2. The summed E-state index contributed by atoms with van der Waals surface area (Å²) in [5.74, 6) is -2.71. The van der Waals surface area contributed by atoms with Crippen molar-refractivity contribution in [3.63, 3.8) is 0 Å². The number of amides is 4. The zero-order chi connectivity index (χ0) is 51.0. The number of methoxy groups -OCH3 is 1. The van der Waals surface area contributed by atoms with E-state index in [4.69, 9.17) is 19.4 Å². The van der Waals surface area contributed by atoms with Gasteiger partial charge in [0.1, 0.15) is 17.2 Å². The van der Waals surface area contributed by atoms with Crippen LogP contribution in [0.1, 0.15) is 95.8 Å². The molecule has 19 heteroatoms. The first-order valence-electron chi connectivity index (χ1n) is 24.2. The molecule has 6 bridgehead atoms. The molecule has 5 atom stereocenters. The number of hydrazine groups is 1. The van der Waals surface area contributed by atoms with E-state index in [1.165, 1.54) is 28.1 Å². The van der Waals surface area contributed by atoms with Gasteiger partial charge in [-0.05, 0) is 93.5 Å². The number of ether oxygens (including phenoxy) is 2. The minimum absolute atomic E-state index is 0.0464. The van der Waals surface area contributed by atoms with Crippen LogP contribution in [-0.2, 0) is 52.8 Å². The van der Waals surface area contributed by atoms with Crippen LogP contribution >= 0.6 is 0 Å². The van der Waals surface area contributed by atoms with E-state index >= 15 is 8.78 Å². The normalized spacial score (nSPS) is 22.8. The highest BCUT2D eigenvalue weighted by Gasteiger charge is 2.47. The van der Waals surface area contributed by atoms with Crippen LogP contribution in [0.3, 0.4) is 0 Å². The van der Waals surface area contributed by atoms with Gasteiger partial charge in [0.05, 0.1) is 34.8 Å². The lowest BCUT2D eigenvalue weighted by atomic mass is 9.84. The summed E-state index contributed by atoms with van der Waals surface area (Å²) in [7, 11) is 3.86. The molecule has 3 aliphatic heterocycles. The summed E-state index contributed by atoms with van der Waals surface area (Å²) in [4.78, 5) is 83.5. The number of fused-ring (bicyclic) bond motifs is 6. The van der Waals surface area contributed by atoms with E-state index in [1.54, 1.807) is 39.1 Å². The number of carbonyl (C=O) groups is 5. The van der Waals surface area contributed by atoms with Gasteiger partial charge in [0.15, 0.2) is 0 Å². The Kier molecular flexibility index (Phi) is 15.4. The lowest BCUT2D eigenvalue weighted by Crippen LogP contribution is -2.67. The second-order valence-corrected chi connectivity index (χ2v) is 24.4. The molecule has 6 heterocycles. The van der Waals surface area contributed by atoms with E-state index in [0.29, 0.717) is 54.6 Å². The van der Waals surface area contributed by atoms with Crippen molar-refractivity contribution in [3.8, 4) is 22.5 Å². The minimum Gasteiger partial charge on any atom is -0.464 e. The lowest BCUT2D eigenvalue weighted by molar-refractivity contribution is -0.158. The zero-order valence-electron chi connectivity index (χ0n) is 42.2. The van der Waals surface area contributed by atoms with Gasteiger partial charge in [-0.3, -0.25) is 38.9 Å². The van der Waals surface area contributed by atoms with Crippen LogP contribution in [0.15, 0.2) is 61.3 Å². The Morgan fingerprint density at radius 2 is 1.84 bits per heavy atom. The number of alkyl halides is 2. The Balaban J connectivity index is 1.36. The Labute approximate surface area is 414 Å². The van der Waals surface area contributed by atoms with Gasteiger partial charge in [-0.25, -0.2) is 14.2 Å². The largest absolute Gasteiger partial charge is 0.464 e. The predicted octanol–water partition coefficient (Wildman–Crippen LogP) is 4.20. The van der Waals surface area contributed by atoms with E-state index in [2.05, 4.69) is 28.8 Å². The molecular weight excluding hydrogens is 931 g/mol.